The van der Waals surface area contributed by atoms with Crippen molar-refractivity contribution in [3.05, 3.63) is 77.6 Å². The summed E-state index contributed by atoms with van der Waals surface area (Å²) in [6.07, 6.45) is 5.00. The maximum atomic E-state index is 14.1. The monoisotopic (exact) mass is 709 g/mol. The Morgan fingerprint density at radius 3 is 2.65 bits per heavy atom. The van der Waals surface area contributed by atoms with Crippen LogP contribution in [0.3, 0.4) is 0 Å². The van der Waals surface area contributed by atoms with Gasteiger partial charge in [0, 0.05) is 60.9 Å². The van der Waals surface area contributed by atoms with Gasteiger partial charge >= 0.3 is 12.1 Å². The number of amides is 2. The maximum Gasteiger partial charge on any atom is 0.408 e. The summed E-state index contributed by atoms with van der Waals surface area (Å²) in [5.74, 6) is -0.762. The number of hydrazine groups is 1. The Morgan fingerprint density at radius 1 is 1.12 bits per heavy atom. The molecule has 4 aromatic rings. The number of fused-ring (bicyclic) bond motifs is 6. The predicted molar refractivity (Wildman–Crippen MR) is 200 cm³/mol. The number of ether oxygens (including phenoxy) is 3. The molecule has 52 heavy (non-hydrogen) atoms. The van der Waals surface area contributed by atoms with E-state index in [1.54, 1.807) is 34.1 Å². The maximum absolute atomic E-state index is 14.1. The largest absolute Gasteiger partial charge is 0.464 e. The number of pyridine rings is 1. The SMILES string of the molecule is CCn1c(-c2cnccc2COC)c2c3cc(ccc31)-c1cccc(c1)C[C@H](NC(=O)OC(C)(C)C)C(=O)N1CCC[C@H](N1)C(=O)OCC(C)(C)C2. The van der Waals surface area contributed by atoms with Gasteiger partial charge in [0.2, 0.25) is 0 Å². The number of hydrogen-bond donors (Lipinski definition) is 2. The van der Waals surface area contributed by atoms with Crippen LogP contribution in [0, 0.1) is 5.41 Å². The first-order valence-corrected chi connectivity index (χ1v) is 18.2. The number of carbonyl (C=O) groups is 3. The van der Waals surface area contributed by atoms with Crippen molar-refractivity contribution >= 4 is 28.9 Å². The smallest absolute Gasteiger partial charge is 0.408 e. The van der Waals surface area contributed by atoms with Crippen molar-refractivity contribution < 1.29 is 28.6 Å². The molecule has 2 aliphatic rings. The van der Waals surface area contributed by atoms with Crippen LogP contribution in [0.2, 0.25) is 0 Å². The average molecular weight is 710 g/mol. The van der Waals surface area contributed by atoms with Crippen LogP contribution in [-0.4, -0.2) is 70.5 Å². The Kier molecular flexibility index (Phi) is 10.7. The van der Waals surface area contributed by atoms with Crippen molar-refractivity contribution in [3.8, 4) is 22.4 Å². The van der Waals surface area contributed by atoms with E-state index in [1.807, 2.05) is 24.4 Å². The van der Waals surface area contributed by atoms with E-state index in [-0.39, 0.29) is 18.9 Å². The quantitative estimate of drug-likeness (QED) is 0.223. The van der Waals surface area contributed by atoms with Gasteiger partial charge in [0.1, 0.15) is 17.7 Å². The molecule has 4 heterocycles. The lowest BCUT2D eigenvalue weighted by Gasteiger charge is -2.35. The van der Waals surface area contributed by atoms with E-state index < -0.39 is 35.2 Å². The number of cyclic esters (lactones) is 1. The molecule has 6 rings (SSSR count). The van der Waals surface area contributed by atoms with E-state index in [0.717, 1.165) is 56.5 Å². The number of benzene rings is 2. The fourth-order valence-electron chi connectivity index (χ4n) is 7.30. The predicted octanol–water partition coefficient (Wildman–Crippen LogP) is 6.59. The molecule has 0 unspecified atom stereocenters. The third kappa shape index (κ3) is 8.16. The number of nitrogens with zero attached hydrogens (tertiary/aromatic N) is 3. The zero-order valence-electron chi connectivity index (χ0n) is 31.4. The van der Waals surface area contributed by atoms with Gasteiger partial charge in [-0.1, -0.05) is 44.2 Å². The van der Waals surface area contributed by atoms with Crippen LogP contribution in [0.1, 0.15) is 71.1 Å². The van der Waals surface area contributed by atoms with Crippen molar-refractivity contribution in [1.82, 2.24) is 25.3 Å². The molecule has 2 N–H and O–H groups in total. The van der Waals surface area contributed by atoms with E-state index >= 15 is 0 Å². The van der Waals surface area contributed by atoms with Gasteiger partial charge in [0.15, 0.2) is 0 Å². The molecule has 11 nitrogen and oxygen atoms in total. The van der Waals surface area contributed by atoms with Crippen LogP contribution in [0.15, 0.2) is 60.9 Å². The molecule has 1 saturated heterocycles. The van der Waals surface area contributed by atoms with Crippen molar-refractivity contribution in [3.63, 3.8) is 0 Å². The highest BCUT2D eigenvalue weighted by Gasteiger charge is 2.35. The lowest BCUT2D eigenvalue weighted by molar-refractivity contribution is -0.155. The van der Waals surface area contributed by atoms with Crippen molar-refractivity contribution in [2.24, 2.45) is 5.41 Å². The molecule has 11 heteroatoms. The number of aromatic nitrogens is 2. The van der Waals surface area contributed by atoms with Crippen LogP contribution >= 0.6 is 0 Å². The number of esters is 1. The highest BCUT2D eigenvalue weighted by molar-refractivity contribution is 5.95. The van der Waals surface area contributed by atoms with Gasteiger partial charge in [-0.15, -0.1) is 0 Å². The zero-order chi connectivity index (χ0) is 37.2. The minimum atomic E-state index is -0.943. The van der Waals surface area contributed by atoms with Gasteiger partial charge in [-0.25, -0.2) is 10.2 Å². The van der Waals surface area contributed by atoms with Gasteiger partial charge in [-0.05, 0) is 93.0 Å². The summed E-state index contributed by atoms with van der Waals surface area (Å²) in [6, 6.07) is 15.0. The second-order valence-corrected chi connectivity index (χ2v) is 15.6. The number of nitrogens with one attached hydrogen (secondary N) is 2. The molecule has 2 atom stereocenters. The topological polar surface area (TPSA) is 124 Å². The van der Waals surface area contributed by atoms with Crippen molar-refractivity contribution in [1.29, 1.82) is 0 Å². The molecular formula is C41H51N5O6. The third-order valence-corrected chi connectivity index (χ3v) is 9.64. The summed E-state index contributed by atoms with van der Waals surface area (Å²) < 4.78 is 19.5. The first-order valence-electron chi connectivity index (χ1n) is 18.2. The van der Waals surface area contributed by atoms with Crippen molar-refractivity contribution in [2.45, 2.75) is 98.1 Å². The van der Waals surface area contributed by atoms with E-state index in [9.17, 15) is 14.4 Å². The molecule has 0 saturated carbocycles. The third-order valence-electron chi connectivity index (χ3n) is 9.64. The molecule has 2 aliphatic heterocycles. The van der Waals surface area contributed by atoms with Crippen LogP contribution in [0.5, 0.6) is 0 Å². The fraction of sp³-hybridized carbons (Fsp3) is 0.463. The average Bonchev–Trinajstić information content (AvgIpc) is 3.40. The second kappa shape index (κ2) is 15.1. The number of rotatable bonds is 5. The first-order chi connectivity index (χ1) is 24.8. The van der Waals surface area contributed by atoms with Crippen molar-refractivity contribution in [2.75, 3.05) is 20.3 Å². The number of aryl methyl sites for hydroxylation is 1. The zero-order valence-corrected chi connectivity index (χ0v) is 31.4. The van der Waals surface area contributed by atoms with Gasteiger partial charge < -0.3 is 24.1 Å². The summed E-state index contributed by atoms with van der Waals surface area (Å²) in [5.41, 5.74) is 10.2. The van der Waals surface area contributed by atoms with Crippen LogP contribution in [0.4, 0.5) is 4.79 Å². The molecule has 6 bridgehead atoms. The lowest BCUT2D eigenvalue weighted by atomic mass is 9.84. The second-order valence-electron chi connectivity index (χ2n) is 15.6. The molecular weight excluding hydrogens is 658 g/mol. The Bertz CT molecular complexity index is 1960. The molecule has 1 fully saturated rings. The van der Waals surface area contributed by atoms with E-state index in [4.69, 9.17) is 14.2 Å². The van der Waals surface area contributed by atoms with Crippen LogP contribution in [0.25, 0.3) is 33.3 Å². The lowest BCUT2D eigenvalue weighted by Crippen LogP contribution is -2.60. The highest BCUT2D eigenvalue weighted by Crippen LogP contribution is 2.41. The van der Waals surface area contributed by atoms with Gasteiger partial charge in [-0.2, -0.15) is 0 Å². The van der Waals surface area contributed by atoms with Gasteiger partial charge in [0.05, 0.1) is 18.9 Å². The minimum Gasteiger partial charge on any atom is -0.464 e. The summed E-state index contributed by atoms with van der Waals surface area (Å²) in [7, 11) is 1.70. The summed E-state index contributed by atoms with van der Waals surface area (Å²) >= 11 is 0. The Labute approximate surface area is 306 Å². The molecule has 0 radical (unpaired) electrons. The number of alkyl carbamates (subject to hydrolysis) is 1. The van der Waals surface area contributed by atoms with Crippen LogP contribution < -0.4 is 10.7 Å². The van der Waals surface area contributed by atoms with E-state index in [2.05, 4.69) is 71.4 Å². The number of carbonyl (C=O) groups excluding carboxylic acids is 3. The normalized spacial score (nSPS) is 19.6. The summed E-state index contributed by atoms with van der Waals surface area (Å²) in [6.45, 7) is 13.5. The number of hydrogen-bond acceptors (Lipinski definition) is 8. The molecule has 2 aromatic carbocycles. The highest BCUT2D eigenvalue weighted by atomic mass is 16.6. The molecule has 2 amide bonds. The Balaban J connectivity index is 1.50. The van der Waals surface area contributed by atoms with Gasteiger partial charge in [0.25, 0.3) is 5.91 Å². The molecule has 276 valence electrons. The first kappa shape index (κ1) is 37.0. The Hall–Kier alpha value is -4.74. The van der Waals surface area contributed by atoms with E-state index in [0.29, 0.717) is 32.4 Å². The van der Waals surface area contributed by atoms with Crippen LogP contribution in [-0.2, 0) is 49.8 Å². The standard InChI is InChI=1S/C41H51N5O6/c1-8-45-35-15-14-28-21-30(35)31(36(45)32-23-42-17-16-29(32)24-50-7)22-41(5,6)25-51-38(48)33-13-10-18-46(44-33)37(47)34(43-39(49)52-40(2,3)4)20-26-11-9-12-27(28)19-26/h9,11-12,14-17,19,21,23,33-34,44H,8,10,13,18,20,22,24-25H2,1-7H3,(H,43,49)/t33-,34-/m0/s1. The molecule has 0 aliphatic carbocycles. The Morgan fingerprint density at radius 2 is 1.90 bits per heavy atom. The number of methoxy groups -OCH3 is 1. The summed E-state index contributed by atoms with van der Waals surface area (Å²) in [4.78, 5) is 45.2. The fourth-order valence-corrected chi connectivity index (χ4v) is 7.30. The molecule has 2 aromatic heterocycles. The minimum absolute atomic E-state index is 0.179. The van der Waals surface area contributed by atoms with Gasteiger partial charge in [-0.3, -0.25) is 19.6 Å². The summed E-state index contributed by atoms with van der Waals surface area (Å²) in [5, 5.41) is 5.37. The molecule has 0 spiro atoms. The van der Waals surface area contributed by atoms with E-state index in [1.165, 1.54) is 5.01 Å².